The van der Waals surface area contributed by atoms with Gasteiger partial charge in [0.05, 0.1) is 5.39 Å². The number of benzene rings is 1. The van der Waals surface area contributed by atoms with Crippen LogP contribution < -0.4 is 15.8 Å². The molecule has 4 heteroatoms. The number of fused-ring (bicyclic) bond motifs is 1. The maximum Gasteiger partial charge on any atom is 0.249 e. The highest BCUT2D eigenvalue weighted by atomic mass is 16.5. The molecule has 0 radical (unpaired) electrons. The van der Waals surface area contributed by atoms with Crippen LogP contribution in [0.15, 0.2) is 30.5 Å². The smallest absolute Gasteiger partial charge is 0.249 e. The van der Waals surface area contributed by atoms with E-state index in [2.05, 4.69) is 5.32 Å². The van der Waals surface area contributed by atoms with Gasteiger partial charge in [-0.2, -0.15) is 4.73 Å². The molecule has 0 amide bonds. The summed E-state index contributed by atoms with van der Waals surface area (Å²) in [5, 5.41) is 15.3. The highest BCUT2D eigenvalue weighted by Crippen LogP contribution is 2.24. The van der Waals surface area contributed by atoms with Gasteiger partial charge in [-0.15, -0.1) is 0 Å². The first-order valence-corrected chi connectivity index (χ1v) is 4.32. The van der Waals surface area contributed by atoms with Gasteiger partial charge < -0.3 is 16.3 Å². The number of rotatable bonds is 1. The van der Waals surface area contributed by atoms with Crippen molar-refractivity contribution < 1.29 is 4.73 Å². The van der Waals surface area contributed by atoms with Crippen LogP contribution in [0.4, 0.5) is 11.4 Å². The van der Waals surface area contributed by atoms with Gasteiger partial charge in [0.1, 0.15) is 5.69 Å². The van der Waals surface area contributed by atoms with Gasteiger partial charge in [0, 0.05) is 18.8 Å². The molecule has 1 aromatic carbocycles. The zero-order valence-electron chi connectivity index (χ0n) is 7.82. The van der Waals surface area contributed by atoms with Crippen LogP contribution in [0.2, 0.25) is 0 Å². The summed E-state index contributed by atoms with van der Waals surface area (Å²) in [7, 11) is 1.81. The molecule has 1 heterocycles. The molecule has 0 aliphatic heterocycles. The molecule has 0 aliphatic rings. The molecule has 14 heavy (non-hydrogen) atoms. The number of pyridine rings is 1. The van der Waals surface area contributed by atoms with Crippen LogP contribution >= 0.6 is 0 Å². The first kappa shape index (κ1) is 8.62. The first-order chi connectivity index (χ1) is 6.74. The second kappa shape index (κ2) is 3.06. The molecule has 2 rings (SSSR count). The number of nitrogens with zero attached hydrogens (tertiary/aromatic N) is 1. The SMILES string of the molecule is CNc1ccc(N)c2c1ccc[n+]2[O-]. The zero-order valence-corrected chi connectivity index (χ0v) is 7.82. The van der Waals surface area contributed by atoms with Gasteiger partial charge >= 0.3 is 0 Å². The fraction of sp³-hybridized carbons (Fsp3) is 0.100. The van der Waals surface area contributed by atoms with Crippen molar-refractivity contribution in [3.05, 3.63) is 35.7 Å². The third-order valence-corrected chi connectivity index (χ3v) is 2.22. The van der Waals surface area contributed by atoms with Crippen molar-refractivity contribution in [1.82, 2.24) is 0 Å². The minimum Gasteiger partial charge on any atom is -0.618 e. The Bertz CT molecular complexity index is 474. The number of hydrogen-bond acceptors (Lipinski definition) is 3. The van der Waals surface area contributed by atoms with E-state index < -0.39 is 0 Å². The molecule has 0 spiro atoms. The van der Waals surface area contributed by atoms with E-state index >= 15 is 0 Å². The summed E-state index contributed by atoms with van der Waals surface area (Å²) in [6, 6.07) is 7.15. The molecule has 0 bridgehead atoms. The zero-order chi connectivity index (χ0) is 10.1. The predicted molar refractivity (Wildman–Crippen MR) is 56.9 cm³/mol. The van der Waals surface area contributed by atoms with E-state index in [1.165, 1.54) is 6.20 Å². The van der Waals surface area contributed by atoms with Gasteiger partial charge in [0.2, 0.25) is 5.52 Å². The van der Waals surface area contributed by atoms with E-state index in [0.717, 1.165) is 15.8 Å². The molecule has 4 nitrogen and oxygen atoms in total. The molecular weight excluding hydrogens is 178 g/mol. The first-order valence-electron chi connectivity index (χ1n) is 4.32. The fourth-order valence-corrected chi connectivity index (χ4v) is 1.55. The van der Waals surface area contributed by atoms with Crippen molar-refractivity contribution >= 4 is 22.3 Å². The second-order valence-corrected chi connectivity index (χ2v) is 3.05. The van der Waals surface area contributed by atoms with Gasteiger partial charge in [-0.05, 0) is 18.2 Å². The Hall–Kier alpha value is -1.97. The van der Waals surface area contributed by atoms with Crippen molar-refractivity contribution in [3.8, 4) is 0 Å². The molecule has 0 unspecified atom stereocenters. The van der Waals surface area contributed by atoms with Gasteiger partial charge in [0.15, 0.2) is 6.20 Å². The Balaban J connectivity index is 2.91. The Kier molecular flexibility index (Phi) is 1.89. The summed E-state index contributed by atoms with van der Waals surface area (Å²) >= 11 is 0. The highest BCUT2D eigenvalue weighted by molar-refractivity contribution is 5.96. The Morgan fingerprint density at radius 3 is 2.86 bits per heavy atom. The van der Waals surface area contributed by atoms with E-state index in [1.54, 1.807) is 12.1 Å². The van der Waals surface area contributed by atoms with Gasteiger partial charge in [-0.3, -0.25) is 0 Å². The molecule has 0 saturated heterocycles. The maximum atomic E-state index is 11.5. The molecule has 72 valence electrons. The van der Waals surface area contributed by atoms with E-state index in [1.807, 2.05) is 19.2 Å². The van der Waals surface area contributed by atoms with Gasteiger partial charge in [-0.25, -0.2) is 0 Å². The summed E-state index contributed by atoms with van der Waals surface area (Å²) < 4.78 is 0.783. The predicted octanol–water partition coefficient (Wildman–Crippen LogP) is 1.10. The summed E-state index contributed by atoms with van der Waals surface area (Å²) in [6.45, 7) is 0. The highest BCUT2D eigenvalue weighted by Gasteiger charge is 2.10. The minimum atomic E-state index is 0.495. The lowest BCUT2D eigenvalue weighted by molar-refractivity contribution is -0.576. The van der Waals surface area contributed by atoms with Crippen molar-refractivity contribution in [1.29, 1.82) is 0 Å². The average Bonchev–Trinajstić information content (AvgIpc) is 2.18. The summed E-state index contributed by atoms with van der Waals surface area (Å²) in [5.41, 5.74) is 7.64. The van der Waals surface area contributed by atoms with Crippen LogP contribution in [0.5, 0.6) is 0 Å². The lowest BCUT2D eigenvalue weighted by Gasteiger charge is -2.07. The number of nitrogen functional groups attached to an aromatic ring is 1. The molecule has 0 aliphatic carbocycles. The number of hydrogen-bond donors (Lipinski definition) is 2. The number of aromatic nitrogens is 1. The average molecular weight is 189 g/mol. The van der Waals surface area contributed by atoms with Crippen LogP contribution in [-0.4, -0.2) is 7.05 Å². The third-order valence-electron chi connectivity index (χ3n) is 2.22. The largest absolute Gasteiger partial charge is 0.618 e. The molecule has 0 saturated carbocycles. The quantitative estimate of drug-likeness (QED) is 0.401. The molecule has 0 atom stereocenters. The van der Waals surface area contributed by atoms with E-state index in [0.29, 0.717) is 11.2 Å². The van der Waals surface area contributed by atoms with Gasteiger partial charge in [0.25, 0.3) is 0 Å². The Morgan fingerprint density at radius 1 is 1.36 bits per heavy atom. The monoisotopic (exact) mass is 189 g/mol. The molecule has 0 fully saturated rings. The normalized spacial score (nSPS) is 10.4. The summed E-state index contributed by atoms with van der Waals surface area (Å²) in [5.74, 6) is 0. The molecule has 1 aromatic heterocycles. The number of nitrogens with two attached hydrogens (primary N) is 1. The van der Waals surface area contributed by atoms with Crippen molar-refractivity contribution in [3.63, 3.8) is 0 Å². The van der Waals surface area contributed by atoms with E-state index in [-0.39, 0.29) is 0 Å². The van der Waals surface area contributed by atoms with Crippen LogP contribution in [0.25, 0.3) is 10.9 Å². The van der Waals surface area contributed by atoms with Crippen LogP contribution in [0.1, 0.15) is 0 Å². The fourth-order valence-electron chi connectivity index (χ4n) is 1.55. The molecule has 3 N–H and O–H groups in total. The molecular formula is C10H11N3O. The van der Waals surface area contributed by atoms with Crippen molar-refractivity contribution in [2.24, 2.45) is 0 Å². The lowest BCUT2D eigenvalue weighted by atomic mass is 10.1. The summed E-state index contributed by atoms with van der Waals surface area (Å²) in [6.07, 6.45) is 1.44. The van der Waals surface area contributed by atoms with Crippen LogP contribution in [-0.2, 0) is 0 Å². The van der Waals surface area contributed by atoms with Crippen molar-refractivity contribution in [2.45, 2.75) is 0 Å². The Labute approximate surface area is 81.5 Å². The number of nitrogens with one attached hydrogen (secondary N) is 1. The topological polar surface area (TPSA) is 65.0 Å². The Morgan fingerprint density at radius 2 is 2.14 bits per heavy atom. The maximum absolute atomic E-state index is 11.5. The number of anilines is 2. The van der Waals surface area contributed by atoms with Crippen LogP contribution in [0, 0.1) is 5.21 Å². The summed E-state index contributed by atoms with van der Waals surface area (Å²) in [4.78, 5) is 0. The van der Waals surface area contributed by atoms with Gasteiger partial charge in [-0.1, -0.05) is 0 Å². The van der Waals surface area contributed by atoms with Crippen LogP contribution in [0.3, 0.4) is 0 Å². The standard InChI is InChI=1S/C10H11N3O/c1-12-9-5-4-8(11)10-7(9)3-2-6-13(10)14/h2-6,12H,11H2,1H3. The lowest BCUT2D eigenvalue weighted by Crippen LogP contribution is -2.27. The van der Waals surface area contributed by atoms with E-state index in [9.17, 15) is 5.21 Å². The van der Waals surface area contributed by atoms with Crippen molar-refractivity contribution in [2.75, 3.05) is 18.1 Å². The second-order valence-electron chi connectivity index (χ2n) is 3.05. The molecule has 2 aromatic rings. The third kappa shape index (κ3) is 1.12. The van der Waals surface area contributed by atoms with E-state index in [4.69, 9.17) is 5.73 Å². The minimum absolute atomic E-state index is 0.495.